The molecular formula is C6HF3INO2. The third kappa shape index (κ3) is 1.74. The number of benzene rings is 1. The molecule has 70 valence electrons. The average Bonchev–Trinajstić information content (AvgIpc) is 2.07. The first-order valence-corrected chi connectivity index (χ1v) is 4.00. The van der Waals surface area contributed by atoms with Gasteiger partial charge in [-0.1, -0.05) is 0 Å². The summed E-state index contributed by atoms with van der Waals surface area (Å²) in [4.78, 5) is 9.00. The van der Waals surface area contributed by atoms with Crippen molar-refractivity contribution in [1.82, 2.24) is 0 Å². The second-order valence-electron chi connectivity index (χ2n) is 2.08. The van der Waals surface area contributed by atoms with Crippen LogP contribution < -0.4 is 0 Å². The molecule has 0 fully saturated rings. The van der Waals surface area contributed by atoms with Gasteiger partial charge >= 0.3 is 5.69 Å². The number of nitro benzene ring substituents is 1. The van der Waals surface area contributed by atoms with E-state index in [2.05, 4.69) is 0 Å². The van der Waals surface area contributed by atoms with Crippen molar-refractivity contribution >= 4 is 28.3 Å². The lowest BCUT2D eigenvalue weighted by molar-refractivity contribution is -0.387. The molecule has 1 rings (SSSR count). The molecule has 0 saturated heterocycles. The summed E-state index contributed by atoms with van der Waals surface area (Å²) in [5, 5.41) is 10.1. The Hall–Kier alpha value is -0.860. The largest absolute Gasteiger partial charge is 0.309 e. The van der Waals surface area contributed by atoms with Crippen LogP contribution in [-0.4, -0.2) is 4.92 Å². The normalized spacial score (nSPS) is 10.2. The minimum Gasteiger partial charge on any atom is -0.258 e. The van der Waals surface area contributed by atoms with Crippen LogP contribution in [0.2, 0.25) is 0 Å². The predicted molar refractivity (Wildman–Crippen MR) is 45.7 cm³/mol. The van der Waals surface area contributed by atoms with Gasteiger partial charge in [-0.2, -0.15) is 4.39 Å². The van der Waals surface area contributed by atoms with Gasteiger partial charge in [-0.3, -0.25) is 10.1 Å². The van der Waals surface area contributed by atoms with Crippen molar-refractivity contribution in [3.8, 4) is 0 Å². The molecule has 0 unspecified atom stereocenters. The minimum atomic E-state index is -1.82. The van der Waals surface area contributed by atoms with Gasteiger partial charge in [0, 0.05) is 6.07 Å². The van der Waals surface area contributed by atoms with Crippen LogP contribution in [0, 0.1) is 31.1 Å². The lowest BCUT2D eigenvalue weighted by Crippen LogP contribution is -2.00. The van der Waals surface area contributed by atoms with Crippen LogP contribution in [0.5, 0.6) is 0 Å². The molecule has 0 saturated carbocycles. The molecule has 0 radical (unpaired) electrons. The fraction of sp³-hybridized carbons (Fsp3) is 0. The van der Waals surface area contributed by atoms with Gasteiger partial charge in [0.15, 0.2) is 5.82 Å². The summed E-state index contributed by atoms with van der Waals surface area (Å²) < 4.78 is 37.4. The summed E-state index contributed by atoms with van der Waals surface area (Å²) in [6, 6.07) is 0.633. The van der Waals surface area contributed by atoms with Gasteiger partial charge in [-0.05, 0) is 22.6 Å². The van der Waals surface area contributed by atoms with Gasteiger partial charge in [0.2, 0.25) is 11.6 Å². The number of rotatable bonds is 1. The van der Waals surface area contributed by atoms with Crippen LogP contribution in [0.4, 0.5) is 18.9 Å². The number of halogens is 4. The standard InChI is InChI=1S/C6HF3INO2/c7-4-2(10)1-3(11(12)13)5(8)6(4)9/h1H. The maximum absolute atomic E-state index is 12.6. The molecule has 7 heteroatoms. The van der Waals surface area contributed by atoms with Crippen molar-refractivity contribution < 1.29 is 18.1 Å². The Morgan fingerprint density at radius 2 is 1.77 bits per heavy atom. The van der Waals surface area contributed by atoms with Crippen LogP contribution in [-0.2, 0) is 0 Å². The van der Waals surface area contributed by atoms with Gasteiger partial charge in [-0.25, -0.2) is 8.78 Å². The summed E-state index contributed by atoms with van der Waals surface area (Å²) in [6.07, 6.45) is 0. The van der Waals surface area contributed by atoms with E-state index in [9.17, 15) is 23.3 Å². The van der Waals surface area contributed by atoms with E-state index < -0.39 is 28.1 Å². The lowest BCUT2D eigenvalue weighted by atomic mass is 10.3. The molecule has 0 aliphatic carbocycles. The van der Waals surface area contributed by atoms with E-state index in [1.165, 1.54) is 22.6 Å². The quantitative estimate of drug-likeness (QED) is 0.263. The molecule has 0 bridgehead atoms. The Labute approximate surface area is 83.8 Å². The molecule has 0 amide bonds. The van der Waals surface area contributed by atoms with Crippen LogP contribution in [0.3, 0.4) is 0 Å². The van der Waals surface area contributed by atoms with Crippen molar-refractivity contribution in [2.45, 2.75) is 0 Å². The van der Waals surface area contributed by atoms with Crippen molar-refractivity contribution in [3.63, 3.8) is 0 Å². The molecular weight excluding hydrogens is 302 g/mol. The van der Waals surface area contributed by atoms with Crippen molar-refractivity contribution in [2.24, 2.45) is 0 Å². The Bertz CT molecular complexity index is 383. The number of nitro groups is 1. The highest BCUT2D eigenvalue weighted by Crippen LogP contribution is 2.25. The third-order valence-corrected chi connectivity index (χ3v) is 2.07. The topological polar surface area (TPSA) is 43.1 Å². The van der Waals surface area contributed by atoms with Crippen LogP contribution in [0.25, 0.3) is 0 Å². The maximum Gasteiger partial charge on any atom is 0.309 e. The zero-order valence-corrected chi connectivity index (χ0v) is 8.01. The van der Waals surface area contributed by atoms with Gasteiger partial charge in [0.25, 0.3) is 0 Å². The lowest BCUT2D eigenvalue weighted by Gasteiger charge is -1.98. The first kappa shape index (κ1) is 10.2. The Kier molecular flexibility index (Phi) is 2.74. The molecule has 13 heavy (non-hydrogen) atoms. The summed E-state index contributed by atoms with van der Waals surface area (Å²) in [5.74, 6) is -5.01. The van der Waals surface area contributed by atoms with E-state index in [4.69, 9.17) is 0 Å². The van der Waals surface area contributed by atoms with E-state index in [1.807, 2.05) is 0 Å². The Balaban J connectivity index is 3.50. The molecule has 0 aliphatic rings. The minimum absolute atomic E-state index is 0.330. The summed E-state index contributed by atoms with van der Waals surface area (Å²) in [7, 11) is 0. The molecule has 0 N–H and O–H groups in total. The monoisotopic (exact) mass is 303 g/mol. The molecule has 0 spiro atoms. The Morgan fingerprint density at radius 3 is 2.23 bits per heavy atom. The van der Waals surface area contributed by atoms with E-state index in [-0.39, 0.29) is 3.57 Å². The van der Waals surface area contributed by atoms with E-state index >= 15 is 0 Å². The fourth-order valence-corrected chi connectivity index (χ4v) is 1.22. The number of hydrogen-bond acceptors (Lipinski definition) is 2. The smallest absolute Gasteiger partial charge is 0.258 e. The van der Waals surface area contributed by atoms with Gasteiger partial charge < -0.3 is 0 Å². The molecule has 0 aromatic heterocycles. The van der Waals surface area contributed by atoms with Crippen LogP contribution >= 0.6 is 22.6 Å². The molecule has 0 heterocycles. The van der Waals surface area contributed by atoms with Gasteiger partial charge in [0.1, 0.15) is 0 Å². The SMILES string of the molecule is O=[N+]([O-])c1cc(I)c(F)c(F)c1F. The Morgan fingerprint density at radius 1 is 1.23 bits per heavy atom. The first-order valence-electron chi connectivity index (χ1n) is 2.92. The number of nitrogens with zero attached hydrogens (tertiary/aromatic N) is 1. The fourth-order valence-electron chi connectivity index (χ4n) is 0.693. The number of hydrogen-bond donors (Lipinski definition) is 0. The second kappa shape index (κ2) is 3.48. The third-order valence-electron chi connectivity index (χ3n) is 1.28. The highest BCUT2D eigenvalue weighted by molar-refractivity contribution is 14.1. The first-order chi connectivity index (χ1) is 5.95. The van der Waals surface area contributed by atoms with Crippen LogP contribution in [0.1, 0.15) is 0 Å². The van der Waals surface area contributed by atoms with E-state index in [0.717, 1.165) is 0 Å². The molecule has 0 atom stereocenters. The molecule has 3 nitrogen and oxygen atoms in total. The van der Waals surface area contributed by atoms with Crippen molar-refractivity contribution in [1.29, 1.82) is 0 Å². The molecule has 1 aromatic carbocycles. The van der Waals surface area contributed by atoms with Gasteiger partial charge in [-0.15, -0.1) is 0 Å². The maximum atomic E-state index is 12.6. The average molecular weight is 303 g/mol. The molecule has 0 aliphatic heterocycles. The zero-order valence-electron chi connectivity index (χ0n) is 5.85. The molecule has 1 aromatic rings. The summed E-state index contributed by atoms with van der Waals surface area (Å²) in [6.45, 7) is 0. The van der Waals surface area contributed by atoms with E-state index in [0.29, 0.717) is 6.07 Å². The van der Waals surface area contributed by atoms with E-state index in [1.54, 1.807) is 0 Å². The second-order valence-corrected chi connectivity index (χ2v) is 3.24. The predicted octanol–water partition coefficient (Wildman–Crippen LogP) is 2.62. The zero-order chi connectivity index (χ0) is 10.2. The summed E-state index contributed by atoms with van der Waals surface area (Å²) >= 11 is 1.34. The highest BCUT2D eigenvalue weighted by Gasteiger charge is 2.24. The van der Waals surface area contributed by atoms with Crippen LogP contribution in [0.15, 0.2) is 6.07 Å². The highest BCUT2D eigenvalue weighted by atomic mass is 127. The summed E-state index contributed by atoms with van der Waals surface area (Å²) in [5.41, 5.74) is -1.07. The van der Waals surface area contributed by atoms with Gasteiger partial charge in [0.05, 0.1) is 8.49 Å². The van der Waals surface area contributed by atoms with Crippen molar-refractivity contribution in [2.75, 3.05) is 0 Å². The van der Waals surface area contributed by atoms with Crippen molar-refractivity contribution in [3.05, 3.63) is 37.2 Å².